The maximum Gasteiger partial charge on any atom is 0.325 e. The minimum absolute atomic E-state index is 0.180. The van der Waals surface area contributed by atoms with Gasteiger partial charge in [-0.2, -0.15) is 0 Å². The van der Waals surface area contributed by atoms with Crippen LogP contribution in [0.15, 0.2) is 36.9 Å². The molecule has 5 nitrogen and oxygen atoms in total. The zero-order valence-electron chi connectivity index (χ0n) is 12.1. The van der Waals surface area contributed by atoms with E-state index in [4.69, 9.17) is 0 Å². The molecule has 1 aromatic rings. The van der Waals surface area contributed by atoms with Crippen LogP contribution in [0.3, 0.4) is 0 Å². The Labute approximate surface area is 124 Å². The fourth-order valence-electron chi connectivity index (χ4n) is 2.75. The smallest absolute Gasteiger partial charge is 0.325 e. The van der Waals surface area contributed by atoms with Crippen molar-refractivity contribution in [1.82, 2.24) is 10.2 Å². The number of hydrogen-bond donors (Lipinski definition) is 2. The molecule has 2 rings (SSSR count). The van der Waals surface area contributed by atoms with Crippen molar-refractivity contribution in [3.8, 4) is 0 Å². The SMILES string of the molecule is C=CCNC(=O)C(C)N1CCc2ccccc2C1C(=O)O. The summed E-state index contributed by atoms with van der Waals surface area (Å²) in [7, 11) is 0. The number of benzene rings is 1. The number of amides is 1. The minimum Gasteiger partial charge on any atom is -0.480 e. The van der Waals surface area contributed by atoms with Gasteiger partial charge >= 0.3 is 5.97 Å². The predicted molar refractivity (Wildman–Crippen MR) is 79.9 cm³/mol. The number of nitrogens with zero attached hydrogens (tertiary/aromatic N) is 1. The van der Waals surface area contributed by atoms with E-state index in [1.807, 2.05) is 24.3 Å². The molecular weight excluding hydrogens is 268 g/mol. The van der Waals surface area contributed by atoms with Crippen LogP contribution in [0.4, 0.5) is 0 Å². The lowest BCUT2D eigenvalue weighted by atomic mass is 9.91. The summed E-state index contributed by atoms with van der Waals surface area (Å²) in [6.45, 7) is 6.23. The van der Waals surface area contributed by atoms with E-state index in [9.17, 15) is 14.7 Å². The molecule has 2 unspecified atom stereocenters. The third-order valence-electron chi connectivity index (χ3n) is 3.85. The summed E-state index contributed by atoms with van der Waals surface area (Å²) in [5.41, 5.74) is 1.82. The second-order valence-corrected chi connectivity index (χ2v) is 5.14. The monoisotopic (exact) mass is 288 g/mol. The van der Waals surface area contributed by atoms with Crippen LogP contribution in [0.25, 0.3) is 0 Å². The van der Waals surface area contributed by atoms with Gasteiger partial charge < -0.3 is 10.4 Å². The van der Waals surface area contributed by atoms with Crippen molar-refractivity contribution in [2.45, 2.75) is 25.4 Å². The van der Waals surface area contributed by atoms with Crippen LogP contribution in [0.1, 0.15) is 24.1 Å². The number of hydrogen-bond acceptors (Lipinski definition) is 3. The molecule has 0 saturated heterocycles. The van der Waals surface area contributed by atoms with E-state index in [2.05, 4.69) is 11.9 Å². The summed E-state index contributed by atoms with van der Waals surface area (Å²) in [6, 6.07) is 6.24. The van der Waals surface area contributed by atoms with Crippen molar-refractivity contribution in [1.29, 1.82) is 0 Å². The number of nitrogens with one attached hydrogen (secondary N) is 1. The average molecular weight is 288 g/mol. The van der Waals surface area contributed by atoms with Crippen molar-refractivity contribution in [2.75, 3.05) is 13.1 Å². The van der Waals surface area contributed by atoms with Crippen LogP contribution in [-0.4, -0.2) is 41.0 Å². The zero-order valence-corrected chi connectivity index (χ0v) is 12.1. The second-order valence-electron chi connectivity index (χ2n) is 5.14. The molecule has 0 saturated carbocycles. The van der Waals surface area contributed by atoms with Gasteiger partial charge in [0, 0.05) is 13.1 Å². The van der Waals surface area contributed by atoms with Gasteiger partial charge in [0.15, 0.2) is 0 Å². The highest BCUT2D eigenvalue weighted by Gasteiger charge is 2.37. The lowest BCUT2D eigenvalue weighted by Crippen LogP contribution is -2.51. The highest BCUT2D eigenvalue weighted by molar-refractivity contribution is 5.83. The number of fused-ring (bicyclic) bond motifs is 1. The Bertz CT molecular complexity index is 556. The summed E-state index contributed by atoms with van der Waals surface area (Å²) < 4.78 is 0. The number of aliphatic carboxylic acids is 1. The van der Waals surface area contributed by atoms with Gasteiger partial charge in [-0.1, -0.05) is 30.3 Å². The topological polar surface area (TPSA) is 69.6 Å². The van der Waals surface area contributed by atoms with Gasteiger partial charge in [0.05, 0.1) is 6.04 Å². The van der Waals surface area contributed by atoms with E-state index in [1.165, 1.54) is 0 Å². The van der Waals surface area contributed by atoms with Crippen molar-refractivity contribution < 1.29 is 14.7 Å². The van der Waals surface area contributed by atoms with E-state index in [0.717, 1.165) is 17.5 Å². The molecule has 1 aliphatic heterocycles. The fourth-order valence-corrected chi connectivity index (χ4v) is 2.75. The van der Waals surface area contributed by atoms with Gasteiger partial charge in [0.2, 0.25) is 5.91 Å². The molecule has 21 heavy (non-hydrogen) atoms. The van der Waals surface area contributed by atoms with E-state index >= 15 is 0 Å². The van der Waals surface area contributed by atoms with Crippen LogP contribution in [0, 0.1) is 0 Å². The number of carboxylic acid groups (broad SMARTS) is 1. The number of carboxylic acids is 1. The highest BCUT2D eigenvalue weighted by atomic mass is 16.4. The highest BCUT2D eigenvalue weighted by Crippen LogP contribution is 2.31. The molecule has 1 heterocycles. The van der Waals surface area contributed by atoms with Gasteiger partial charge in [0.1, 0.15) is 6.04 Å². The quantitative estimate of drug-likeness (QED) is 0.803. The Morgan fingerprint density at radius 1 is 1.52 bits per heavy atom. The molecule has 1 aliphatic rings. The zero-order chi connectivity index (χ0) is 15.4. The molecule has 1 amide bonds. The first-order valence-electron chi connectivity index (χ1n) is 7.01. The largest absolute Gasteiger partial charge is 0.480 e. The summed E-state index contributed by atoms with van der Waals surface area (Å²) in [5, 5.41) is 12.3. The van der Waals surface area contributed by atoms with Crippen LogP contribution in [0.2, 0.25) is 0 Å². The van der Waals surface area contributed by atoms with Gasteiger partial charge in [-0.05, 0) is 24.5 Å². The van der Waals surface area contributed by atoms with Crippen LogP contribution >= 0.6 is 0 Å². The first kappa shape index (κ1) is 15.3. The lowest BCUT2D eigenvalue weighted by molar-refractivity contribution is -0.146. The third kappa shape index (κ3) is 3.13. The van der Waals surface area contributed by atoms with Crippen LogP contribution < -0.4 is 5.32 Å². The molecular formula is C16H20N2O3. The van der Waals surface area contributed by atoms with E-state index in [-0.39, 0.29) is 5.91 Å². The van der Waals surface area contributed by atoms with Gasteiger partial charge in [-0.15, -0.1) is 6.58 Å². The van der Waals surface area contributed by atoms with Crippen LogP contribution in [0.5, 0.6) is 0 Å². The Balaban J connectivity index is 2.26. The van der Waals surface area contributed by atoms with Crippen LogP contribution in [-0.2, 0) is 16.0 Å². The van der Waals surface area contributed by atoms with E-state index in [1.54, 1.807) is 17.9 Å². The normalized spacial score (nSPS) is 19.4. The Morgan fingerprint density at radius 2 is 2.24 bits per heavy atom. The molecule has 0 radical (unpaired) electrons. The molecule has 0 aliphatic carbocycles. The summed E-state index contributed by atoms with van der Waals surface area (Å²) in [6.07, 6.45) is 2.35. The first-order valence-corrected chi connectivity index (χ1v) is 7.01. The first-order chi connectivity index (χ1) is 10.1. The molecule has 112 valence electrons. The second kappa shape index (κ2) is 6.54. The summed E-state index contributed by atoms with van der Waals surface area (Å²) >= 11 is 0. The minimum atomic E-state index is -0.925. The summed E-state index contributed by atoms with van der Waals surface area (Å²) in [4.78, 5) is 25.5. The molecule has 5 heteroatoms. The van der Waals surface area contributed by atoms with Crippen molar-refractivity contribution in [2.24, 2.45) is 0 Å². The number of carbonyl (C=O) groups excluding carboxylic acids is 1. The van der Waals surface area contributed by atoms with Crippen molar-refractivity contribution in [3.63, 3.8) is 0 Å². The number of carbonyl (C=O) groups is 2. The van der Waals surface area contributed by atoms with E-state index in [0.29, 0.717) is 13.1 Å². The standard InChI is InChI=1S/C16H20N2O3/c1-3-9-17-15(19)11(2)18-10-8-12-6-4-5-7-13(12)14(18)16(20)21/h3-7,11,14H,1,8-10H2,2H3,(H,17,19)(H,20,21). The average Bonchev–Trinajstić information content (AvgIpc) is 2.50. The van der Waals surface area contributed by atoms with Crippen molar-refractivity contribution >= 4 is 11.9 Å². The fraction of sp³-hybridized carbons (Fsp3) is 0.375. The Hall–Kier alpha value is -2.14. The van der Waals surface area contributed by atoms with Gasteiger partial charge in [-0.25, -0.2) is 0 Å². The third-order valence-corrected chi connectivity index (χ3v) is 3.85. The predicted octanol–water partition coefficient (Wildman–Crippen LogP) is 1.36. The molecule has 1 aromatic carbocycles. The number of rotatable bonds is 5. The van der Waals surface area contributed by atoms with Crippen molar-refractivity contribution in [3.05, 3.63) is 48.0 Å². The van der Waals surface area contributed by atoms with Gasteiger partial charge in [-0.3, -0.25) is 14.5 Å². The lowest BCUT2D eigenvalue weighted by Gasteiger charge is -2.38. The Morgan fingerprint density at radius 3 is 2.90 bits per heavy atom. The maximum atomic E-state index is 12.1. The maximum absolute atomic E-state index is 12.1. The molecule has 2 N–H and O–H groups in total. The van der Waals surface area contributed by atoms with E-state index < -0.39 is 18.1 Å². The molecule has 0 bridgehead atoms. The molecule has 0 spiro atoms. The van der Waals surface area contributed by atoms with Gasteiger partial charge in [0.25, 0.3) is 0 Å². The molecule has 0 fully saturated rings. The Kier molecular flexibility index (Phi) is 4.75. The summed E-state index contributed by atoms with van der Waals surface area (Å²) in [5.74, 6) is -1.11. The molecule has 0 aromatic heterocycles. The molecule has 2 atom stereocenters.